The lowest BCUT2D eigenvalue weighted by Crippen LogP contribution is -2.26. The fraction of sp³-hybridized carbons (Fsp3) is 0.308. The minimum Gasteiger partial charge on any atom is -0.497 e. The van der Waals surface area contributed by atoms with E-state index in [2.05, 4.69) is 4.98 Å². The molecule has 0 aliphatic heterocycles. The molecule has 0 amide bonds. The molecule has 1 aromatic carbocycles. The molecule has 1 aromatic heterocycles. The molecular formula is C13H16N2O4S2. The van der Waals surface area contributed by atoms with E-state index in [0.29, 0.717) is 22.8 Å². The lowest BCUT2D eigenvalue weighted by atomic mass is 10.2. The molecule has 0 aliphatic carbocycles. The van der Waals surface area contributed by atoms with Crippen molar-refractivity contribution in [3.63, 3.8) is 0 Å². The maximum absolute atomic E-state index is 12.5. The molecule has 2 rings (SSSR count). The van der Waals surface area contributed by atoms with Crippen LogP contribution in [0.3, 0.4) is 0 Å². The number of rotatable bonds is 5. The van der Waals surface area contributed by atoms with Crippen LogP contribution >= 0.6 is 11.3 Å². The first-order valence-electron chi connectivity index (χ1n) is 6.13. The Kier molecular flexibility index (Phi) is 4.50. The van der Waals surface area contributed by atoms with Crippen LogP contribution in [0.15, 0.2) is 33.3 Å². The summed E-state index contributed by atoms with van der Waals surface area (Å²) in [7, 11) is -0.646. The highest BCUT2D eigenvalue weighted by Gasteiger charge is 2.25. The predicted molar refractivity (Wildman–Crippen MR) is 81.3 cm³/mol. The summed E-state index contributed by atoms with van der Waals surface area (Å²) < 4.78 is 31.3. The highest BCUT2D eigenvalue weighted by molar-refractivity contribution is 7.91. The summed E-state index contributed by atoms with van der Waals surface area (Å²) in [6.45, 7) is 1.77. The topological polar surface area (TPSA) is 79.5 Å². The van der Waals surface area contributed by atoms with Gasteiger partial charge in [-0.2, -0.15) is 4.31 Å². The molecule has 0 bridgehead atoms. The van der Waals surface area contributed by atoms with Crippen molar-refractivity contribution in [2.75, 3.05) is 14.2 Å². The number of methoxy groups -OCH3 is 1. The van der Waals surface area contributed by atoms with Crippen molar-refractivity contribution in [3.8, 4) is 5.75 Å². The van der Waals surface area contributed by atoms with Gasteiger partial charge in [-0.3, -0.25) is 4.79 Å². The van der Waals surface area contributed by atoms with Gasteiger partial charge in [0.25, 0.3) is 10.0 Å². The van der Waals surface area contributed by atoms with Gasteiger partial charge in [0, 0.05) is 19.3 Å². The van der Waals surface area contributed by atoms with E-state index >= 15 is 0 Å². The molecule has 0 aliphatic rings. The van der Waals surface area contributed by atoms with Gasteiger partial charge in [-0.25, -0.2) is 8.42 Å². The van der Waals surface area contributed by atoms with E-state index in [4.69, 9.17) is 4.74 Å². The molecular weight excluding hydrogens is 312 g/mol. The van der Waals surface area contributed by atoms with Crippen LogP contribution in [0.2, 0.25) is 0 Å². The van der Waals surface area contributed by atoms with E-state index < -0.39 is 10.0 Å². The van der Waals surface area contributed by atoms with Crippen molar-refractivity contribution >= 4 is 21.4 Å². The van der Waals surface area contributed by atoms with E-state index in [0.717, 1.165) is 5.56 Å². The van der Waals surface area contributed by atoms with Crippen LogP contribution in [0, 0.1) is 6.92 Å². The van der Waals surface area contributed by atoms with E-state index in [9.17, 15) is 13.2 Å². The summed E-state index contributed by atoms with van der Waals surface area (Å²) in [5.41, 5.74) is 1.17. The number of thiazole rings is 1. The Balaban J connectivity index is 2.28. The first-order chi connectivity index (χ1) is 9.84. The Labute approximate surface area is 127 Å². The minimum absolute atomic E-state index is 0.0536. The number of aryl methyl sites for hydroxylation is 1. The van der Waals surface area contributed by atoms with Crippen LogP contribution in [-0.2, 0) is 16.6 Å². The van der Waals surface area contributed by atoms with Gasteiger partial charge >= 0.3 is 4.87 Å². The van der Waals surface area contributed by atoms with Gasteiger partial charge in [-0.1, -0.05) is 23.5 Å². The monoisotopic (exact) mass is 328 g/mol. The number of sulfonamides is 1. The van der Waals surface area contributed by atoms with Crippen molar-refractivity contribution in [2.24, 2.45) is 0 Å². The number of nitrogens with one attached hydrogen (secondary N) is 1. The molecule has 0 atom stereocenters. The van der Waals surface area contributed by atoms with Crippen LogP contribution in [0.25, 0.3) is 0 Å². The molecule has 0 radical (unpaired) electrons. The number of ether oxygens (including phenoxy) is 1. The van der Waals surface area contributed by atoms with E-state index in [1.54, 1.807) is 32.2 Å². The largest absolute Gasteiger partial charge is 0.497 e. The average molecular weight is 328 g/mol. The Morgan fingerprint density at radius 1 is 1.38 bits per heavy atom. The first-order valence-corrected chi connectivity index (χ1v) is 8.39. The number of benzene rings is 1. The predicted octanol–water partition coefficient (Wildman–Crippen LogP) is 1.57. The zero-order valence-electron chi connectivity index (χ0n) is 11.9. The molecule has 0 saturated carbocycles. The summed E-state index contributed by atoms with van der Waals surface area (Å²) in [4.78, 5) is 13.4. The third kappa shape index (κ3) is 3.34. The fourth-order valence-electron chi connectivity index (χ4n) is 1.89. The Bertz CT molecular complexity index is 792. The SMILES string of the molecule is COc1cccc(CN(C)S(=O)(=O)c2sc(=O)[nH]c2C)c1. The number of aromatic amines is 1. The Hall–Kier alpha value is -1.64. The highest BCUT2D eigenvalue weighted by Crippen LogP contribution is 2.22. The van der Waals surface area contributed by atoms with Gasteiger partial charge in [-0.05, 0) is 24.6 Å². The van der Waals surface area contributed by atoms with Crippen molar-refractivity contribution in [1.29, 1.82) is 0 Å². The average Bonchev–Trinajstić information content (AvgIpc) is 2.78. The normalized spacial score (nSPS) is 11.8. The third-order valence-electron chi connectivity index (χ3n) is 2.97. The second kappa shape index (κ2) is 6.00. The highest BCUT2D eigenvalue weighted by atomic mass is 32.2. The number of hydrogen-bond acceptors (Lipinski definition) is 5. The van der Waals surface area contributed by atoms with E-state index in [1.165, 1.54) is 11.4 Å². The summed E-state index contributed by atoms with van der Waals surface area (Å²) >= 11 is 0.702. The molecule has 0 unspecified atom stereocenters. The van der Waals surface area contributed by atoms with Crippen LogP contribution in [-0.4, -0.2) is 31.9 Å². The molecule has 0 spiro atoms. The molecule has 0 fully saturated rings. The van der Waals surface area contributed by atoms with E-state index in [1.807, 2.05) is 6.07 Å². The van der Waals surface area contributed by atoms with Gasteiger partial charge in [0.05, 0.1) is 7.11 Å². The maximum Gasteiger partial charge on any atom is 0.305 e. The molecule has 114 valence electrons. The zero-order valence-corrected chi connectivity index (χ0v) is 13.5. The molecule has 0 saturated heterocycles. The van der Waals surface area contributed by atoms with Crippen LogP contribution in [0.1, 0.15) is 11.3 Å². The van der Waals surface area contributed by atoms with Gasteiger partial charge in [0.15, 0.2) is 4.21 Å². The van der Waals surface area contributed by atoms with Crippen molar-refractivity contribution in [1.82, 2.24) is 9.29 Å². The first kappa shape index (κ1) is 15.7. The standard InChI is InChI=1S/C13H16N2O4S2/c1-9-12(20-13(16)14-9)21(17,18)15(2)8-10-5-4-6-11(7-10)19-3/h4-7H,8H2,1-3H3,(H,14,16). The molecule has 1 heterocycles. The second-order valence-corrected chi connectivity index (χ2v) is 7.76. The van der Waals surface area contributed by atoms with Crippen LogP contribution < -0.4 is 9.61 Å². The Morgan fingerprint density at radius 2 is 2.10 bits per heavy atom. The lowest BCUT2D eigenvalue weighted by Gasteiger charge is -2.16. The van der Waals surface area contributed by atoms with Gasteiger partial charge in [-0.15, -0.1) is 0 Å². The summed E-state index contributed by atoms with van der Waals surface area (Å²) in [5, 5.41) is 0. The number of H-pyrrole nitrogens is 1. The lowest BCUT2D eigenvalue weighted by molar-refractivity contribution is 0.412. The summed E-state index contributed by atoms with van der Waals surface area (Å²) in [6.07, 6.45) is 0. The quantitative estimate of drug-likeness (QED) is 0.903. The summed E-state index contributed by atoms with van der Waals surface area (Å²) in [6, 6.07) is 7.19. The molecule has 21 heavy (non-hydrogen) atoms. The third-order valence-corrected chi connectivity index (χ3v) is 6.35. The van der Waals surface area contributed by atoms with Gasteiger partial charge in [0.1, 0.15) is 5.75 Å². The second-order valence-electron chi connectivity index (χ2n) is 4.54. The molecule has 6 nitrogen and oxygen atoms in total. The zero-order chi connectivity index (χ0) is 15.6. The van der Waals surface area contributed by atoms with Crippen molar-refractivity contribution < 1.29 is 13.2 Å². The van der Waals surface area contributed by atoms with Gasteiger partial charge < -0.3 is 9.72 Å². The van der Waals surface area contributed by atoms with Crippen LogP contribution in [0.5, 0.6) is 5.75 Å². The molecule has 8 heteroatoms. The number of aromatic nitrogens is 1. The smallest absolute Gasteiger partial charge is 0.305 e. The Morgan fingerprint density at radius 3 is 2.67 bits per heavy atom. The fourth-order valence-corrected chi connectivity index (χ4v) is 4.54. The number of nitrogens with zero attached hydrogens (tertiary/aromatic N) is 1. The molecule has 1 N–H and O–H groups in total. The number of hydrogen-bond donors (Lipinski definition) is 1. The van der Waals surface area contributed by atoms with E-state index in [-0.39, 0.29) is 15.6 Å². The van der Waals surface area contributed by atoms with Crippen LogP contribution in [0.4, 0.5) is 0 Å². The summed E-state index contributed by atoms with van der Waals surface area (Å²) in [5.74, 6) is 0.667. The minimum atomic E-state index is -3.69. The van der Waals surface area contributed by atoms with Crippen molar-refractivity contribution in [2.45, 2.75) is 17.7 Å². The molecule has 2 aromatic rings. The van der Waals surface area contributed by atoms with Gasteiger partial charge in [0.2, 0.25) is 0 Å². The maximum atomic E-state index is 12.5. The van der Waals surface area contributed by atoms with Crippen molar-refractivity contribution in [3.05, 3.63) is 45.2 Å².